The molecule has 0 saturated carbocycles. The van der Waals surface area contributed by atoms with Crippen LogP contribution < -0.4 is 0 Å². The van der Waals surface area contributed by atoms with Crippen molar-refractivity contribution in [1.29, 1.82) is 0 Å². The average molecular weight is 204 g/mol. The third-order valence-electron chi connectivity index (χ3n) is 1.23. The molecule has 68 valence electrons. The predicted molar refractivity (Wildman–Crippen MR) is 56.4 cm³/mol. The molecule has 0 radical (unpaired) electrons. The Bertz CT molecular complexity index is 191. The van der Waals surface area contributed by atoms with E-state index in [0.717, 1.165) is 0 Å². The van der Waals surface area contributed by atoms with Crippen molar-refractivity contribution in [2.45, 2.75) is 20.3 Å². The van der Waals surface area contributed by atoms with Crippen LogP contribution in [0.25, 0.3) is 0 Å². The zero-order valence-corrected chi connectivity index (χ0v) is 8.80. The van der Waals surface area contributed by atoms with Crippen molar-refractivity contribution in [3.8, 4) is 0 Å². The fourth-order valence-electron chi connectivity index (χ4n) is 0.448. The van der Waals surface area contributed by atoms with Crippen LogP contribution in [0.2, 0.25) is 0 Å². The van der Waals surface area contributed by atoms with Crippen LogP contribution in [0.5, 0.6) is 0 Å². The highest BCUT2D eigenvalue weighted by Crippen LogP contribution is 2.19. The largest absolute Gasteiger partial charge is 0.481 e. The highest BCUT2D eigenvalue weighted by molar-refractivity contribution is 7.93. The molecular formula is C8H12O2S2. The van der Waals surface area contributed by atoms with Gasteiger partial charge in [-0.3, -0.25) is 4.79 Å². The highest BCUT2D eigenvalue weighted by atomic mass is 32.1. The van der Waals surface area contributed by atoms with Gasteiger partial charge in [0.15, 0.2) is 0 Å². The lowest BCUT2D eigenvalue weighted by Crippen LogP contribution is -2.22. The molecule has 0 aromatic heterocycles. The quantitative estimate of drug-likeness (QED) is 0.566. The predicted octanol–water partition coefficient (Wildman–Crippen LogP) is 2.69. The molecular weight excluding hydrogens is 192 g/mol. The van der Waals surface area contributed by atoms with Crippen LogP contribution in [0.1, 0.15) is 20.3 Å². The molecule has 0 unspecified atom stereocenters. The van der Waals surface area contributed by atoms with E-state index in [1.54, 1.807) is 19.9 Å². The Morgan fingerprint density at radius 2 is 2.00 bits per heavy atom. The van der Waals surface area contributed by atoms with Gasteiger partial charge in [-0.2, -0.15) is 0 Å². The molecule has 0 aliphatic heterocycles. The molecule has 1 N–H and O–H groups in total. The van der Waals surface area contributed by atoms with Crippen molar-refractivity contribution in [2.24, 2.45) is 5.41 Å². The van der Waals surface area contributed by atoms with Crippen LogP contribution in [0.4, 0.5) is 0 Å². The summed E-state index contributed by atoms with van der Waals surface area (Å²) in [7, 11) is 0. The number of thiocarbonyl (C=S) groups is 2. The van der Waals surface area contributed by atoms with Crippen molar-refractivity contribution < 1.29 is 9.90 Å². The lowest BCUT2D eigenvalue weighted by atomic mass is 9.90. The topological polar surface area (TPSA) is 37.3 Å². The summed E-state index contributed by atoms with van der Waals surface area (Å²) in [5.41, 5.74) is -0.651. The first kappa shape index (κ1) is 14.0. The molecule has 0 aromatic carbocycles. The van der Waals surface area contributed by atoms with Crippen LogP contribution >= 0.6 is 24.4 Å². The lowest BCUT2D eigenvalue weighted by molar-refractivity contribution is -0.146. The van der Waals surface area contributed by atoms with E-state index in [-0.39, 0.29) is 0 Å². The minimum atomic E-state index is -0.776. The van der Waals surface area contributed by atoms with Crippen molar-refractivity contribution in [2.75, 3.05) is 0 Å². The van der Waals surface area contributed by atoms with Crippen LogP contribution in [-0.2, 0) is 4.79 Å². The number of allylic oxidation sites excluding steroid dienone is 1. The fraction of sp³-hybridized carbons (Fsp3) is 0.500. The molecule has 0 aliphatic carbocycles. The summed E-state index contributed by atoms with van der Waals surface area (Å²) in [6.07, 6.45) is 2.14. The molecule has 0 aromatic rings. The first-order valence-corrected chi connectivity index (χ1v) is 4.07. The standard InChI is InChI=1S/C7H12O2.CS2/c1-4-5-7(2,3)6(8)9;2-1-3/h4H,1,5H2,2-3H3,(H,8,9);. The van der Waals surface area contributed by atoms with Crippen LogP contribution in [-0.4, -0.2) is 15.4 Å². The third kappa shape index (κ3) is 7.54. The Morgan fingerprint density at radius 3 is 2.08 bits per heavy atom. The van der Waals surface area contributed by atoms with Gasteiger partial charge < -0.3 is 5.11 Å². The number of carbonyl (C=O) groups is 1. The maximum Gasteiger partial charge on any atom is 0.309 e. The van der Waals surface area contributed by atoms with E-state index in [4.69, 9.17) is 5.11 Å². The number of carboxylic acids is 1. The van der Waals surface area contributed by atoms with Crippen LogP contribution in [0.3, 0.4) is 0 Å². The summed E-state index contributed by atoms with van der Waals surface area (Å²) < 4.78 is 1.92. The van der Waals surface area contributed by atoms with E-state index < -0.39 is 11.4 Å². The van der Waals surface area contributed by atoms with Gasteiger partial charge in [0.05, 0.1) is 5.41 Å². The zero-order chi connectivity index (χ0) is 10.2. The molecule has 0 saturated heterocycles. The van der Waals surface area contributed by atoms with Gasteiger partial charge in [-0.15, -0.1) is 6.58 Å². The summed E-state index contributed by atoms with van der Waals surface area (Å²) in [6, 6.07) is 0. The summed E-state index contributed by atoms with van der Waals surface area (Å²) in [5.74, 6) is -0.776. The minimum absolute atomic E-state index is 0.516. The molecule has 2 nitrogen and oxygen atoms in total. The SMILES string of the molecule is C=CCC(C)(C)C(=O)O.S=C=S. The molecule has 0 rings (SSSR count). The van der Waals surface area contributed by atoms with Crippen molar-refractivity contribution in [3.63, 3.8) is 0 Å². The molecule has 0 bridgehead atoms. The third-order valence-corrected chi connectivity index (χ3v) is 1.23. The van der Waals surface area contributed by atoms with Gasteiger partial charge in [-0.05, 0) is 44.7 Å². The van der Waals surface area contributed by atoms with Gasteiger partial charge in [0.2, 0.25) is 0 Å². The molecule has 0 heterocycles. The van der Waals surface area contributed by atoms with Gasteiger partial charge in [0, 0.05) is 4.31 Å². The normalized spacial score (nSPS) is 8.83. The molecule has 0 amide bonds. The van der Waals surface area contributed by atoms with Crippen LogP contribution in [0, 0.1) is 5.41 Å². The highest BCUT2D eigenvalue weighted by Gasteiger charge is 2.24. The lowest BCUT2D eigenvalue weighted by Gasteiger charge is -2.15. The maximum atomic E-state index is 10.4. The molecule has 0 atom stereocenters. The molecule has 0 aliphatic rings. The van der Waals surface area contributed by atoms with Gasteiger partial charge in [-0.25, -0.2) is 0 Å². The Balaban J connectivity index is 0. The molecule has 0 spiro atoms. The minimum Gasteiger partial charge on any atom is -0.481 e. The van der Waals surface area contributed by atoms with Crippen molar-refractivity contribution in [3.05, 3.63) is 12.7 Å². The molecule has 4 heteroatoms. The monoisotopic (exact) mass is 204 g/mol. The Kier molecular flexibility index (Phi) is 8.27. The van der Waals surface area contributed by atoms with Gasteiger partial charge in [-0.1, -0.05) is 6.08 Å². The summed E-state index contributed by atoms with van der Waals surface area (Å²) in [6.45, 7) is 6.82. The maximum absolute atomic E-state index is 10.4. The van der Waals surface area contributed by atoms with E-state index in [2.05, 4.69) is 31.0 Å². The number of aliphatic carboxylic acids is 1. The van der Waals surface area contributed by atoms with Gasteiger partial charge >= 0.3 is 5.97 Å². The number of hydrogen-bond donors (Lipinski definition) is 1. The van der Waals surface area contributed by atoms with E-state index in [1.165, 1.54) is 0 Å². The Morgan fingerprint density at radius 1 is 1.67 bits per heavy atom. The molecule has 0 fully saturated rings. The Hall–Kier alpha value is -0.570. The van der Waals surface area contributed by atoms with Gasteiger partial charge in [0.1, 0.15) is 0 Å². The number of hydrogen-bond acceptors (Lipinski definition) is 3. The van der Waals surface area contributed by atoms with Crippen molar-refractivity contribution in [1.82, 2.24) is 0 Å². The average Bonchev–Trinajstić information content (AvgIpc) is 1.88. The van der Waals surface area contributed by atoms with E-state index in [9.17, 15) is 4.79 Å². The fourth-order valence-corrected chi connectivity index (χ4v) is 0.448. The summed E-state index contributed by atoms with van der Waals surface area (Å²) >= 11 is 7.92. The molecule has 12 heavy (non-hydrogen) atoms. The summed E-state index contributed by atoms with van der Waals surface area (Å²) in [4.78, 5) is 10.4. The van der Waals surface area contributed by atoms with E-state index in [0.29, 0.717) is 6.42 Å². The van der Waals surface area contributed by atoms with Crippen LogP contribution in [0.15, 0.2) is 12.7 Å². The second-order valence-corrected chi connectivity index (χ2v) is 3.43. The zero-order valence-electron chi connectivity index (χ0n) is 7.16. The van der Waals surface area contributed by atoms with Gasteiger partial charge in [0.25, 0.3) is 0 Å². The smallest absolute Gasteiger partial charge is 0.309 e. The number of carboxylic acid groups (broad SMARTS) is 1. The van der Waals surface area contributed by atoms with Crippen molar-refractivity contribution >= 4 is 34.7 Å². The van der Waals surface area contributed by atoms with E-state index >= 15 is 0 Å². The Labute approximate surface area is 83.3 Å². The first-order valence-electron chi connectivity index (χ1n) is 3.26. The number of rotatable bonds is 3. The first-order chi connectivity index (χ1) is 5.42. The second kappa shape index (κ2) is 7.10. The summed E-state index contributed by atoms with van der Waals surface area (Å²) in [5, 5.41) is 8.52. The second-order valence-electron chi connectivity index (χ2n) is 2.77. The van der Waals surface area contributed by atoms with E-state index in [1.807, 2.05) is 4.31 Å².